The first-order valence-corrected chi connectivity index (χ1v) is 9.69. The quantitative estimate of drug-likeness (QED) is 0.424. The maximum atomic E-state index is 13.0. The van der Waals surface area contributed by atoms with E-state index in [2.05, 4.69) is 5.32 Å². The smallest absolute Gasteiger partial charge is 0.262 e. The summed E-state index contributed by atoms with van der Waals surface area (Å²) in [5.41, 5.74) is 0.597. The van der Waals surface area contributed by atoms with Crippen LogP contribution in [-0.2, 0) is 11.3 Å². The topological polar surface area (TPSA) is 64.0 Å². The number of amides is 1. The molecule has 0 bridgehead atoms. The third kappa shape index (κ3) is 3.60. The lowest BCUT2D eigenvalue weighted by Crippen LogP contribution is -2.36. The van der Waals surface area contributed by atoms with Crippen LogP contribution in [0.3, 0.4) is 0 Å². The predicted octanol–water partition coefficient (Wildman–Crippen LogP) is 3.57. The van der Waals surface area contributed by atoms with Gasteiger partial charge in [0.1, 0.15) is 0 Å². The predicted molar refractivity (Wildman–Crippen MR) is 108 cm³/mol. The zero-order valence-electron chi connectivity index (χ0n) is 15.4. The first kappa shape index (κ1) is 18.5. The number of fused-ring (bicyclic) bond motifs is 2. The summed E-state index contributed by atoms with van der Waals surface area (Å²) in [6.45, 7) is 8.11. The second kappa shape index (κ2) is 7.50. The first-order valence-electron chi connectivity index (χ1n) is 8.81. The third-order valence-corrected chi connectivity index (χ3v) is 5.28. The van der Waals surface area contributed by atoms with Crippen LogP contribution in [-0.4, -0.2) is 26.8 Å². The average Bonchev–Trinajstić information content (AvgIpc) is 2.60. The van der Waals surface area contributed by atoms with E-state index in [1.165, 1.54) is 11.8 Å². The lowest BCUT2D eigenvalue weighted by Gasteiger charge is -2.16. The van der Waals surface area contributed by atoms with E-state index in [1.807, 2.05) is 64.1 Å². The van der Waals surface area contributed by atoms with Crippen molar-refractivity contribution in [2.45, 2.75) is 50.7 Å². The fourth-order valence-electron chi connectivity index (χ4n) is 2.87. The van der Waals surface area contributed by atoms with Gasteiger partial charge in [-0.2, -0.15) is 0 Å². The van der Waals surface area contributed by atoms with Crippen LogP contribution < -0.4 is 10.9 Å². The van der Waals surface area contributed by atoms with Crippen molar-refractivity contribution in [2.24, 2.45) is 0 Å². The van der Waals surface area contributed by atoms with Gasteiger partial charge in [-0.15, -0.1) is 0 Å². The number of thioether (sulfide) groups is 1. The summed E-state index contributed by atoms with van der Waals surface area (Å²) in [6.07, 6.45) is 0. The molecular weight excluding hydrogens is 346 g/mol. The molecule has 3 rings (SSSR count). The summed E-state index contributed by atoms with van der Waals surface area (Å²) >= 11 is 1.32. The summed E-state index contributed by atoms with van der Waals surface area (Å²) in [4.78, 5) is 29.9. The Bertz CT molecular complexity index is 1030. The molecule has 1 heterocycles. The van der Waals surface area contributed by atoms with Crippen LogP contribution in [0.2, 0.25) is 0 Å². The van der Waals surface area contributed by atoms with Crippen LogP contribution in [0.1, 0.15) is 27.7 Å². The summed E-state index contributed by atoms with van der Waals surface area (Å²) in [6, 6.07) is 11.8. The Labute approximate surface area is 156 Å². The molecule has 6 heteroatoms. The molecule has 3 aromatic rings. The van der Waals surface area contributed by atoms with E-state index in [9.17, 15) is 9.59 Å². The summed E-state index contributed by atoms with van der Waals surface area (Å²) in [5.74, 6) is -0.0551. The third-order valence-electron chi connectivity index (χ3n) is 4.19. The Morgan fingerprint density at radius 3 is 2.46 bits per heavy atom. The van der Waals surface area contributed by atoms with E-state index in [-0.39, 0.29) is 22.8 Å². The molecule has 0 saturated heterocycles. The highest BCUT2D eigenvalue weighted by Crippen LogP contribution is 2.25. The van der Waals surface area contributed by atoms with Crippen molar-refractivity contribution in [2.75, 3.05) is 0 Å². The molecule has 0 aliphatic heterocycles. The van der Waals surface area contributed by atoms with Gasteiger partial charge < -0.3 is 5.32 Å². The minimum Gasteiger partial charge on any atom is -0.353 e. The number of rotatable bonds is 5. The molecule has 0 aliphatic carbocycles. The number of benzene rings is 2. The molecular formula is C20H23N3O2S. The second-order valence-electron chi connectivity index (χ2n) is 6.58. The van der Waals surface area contributed by atoms with Gasteiger partial charge in [-0.25, -0.2) is 4.98 Å². The average molecular weight is 369 g/mol. The highest BCUT2D eigenvalue weighted by molar-refractivity contribution is 8.00. The largest absolute Gasteiger partial charge is 0.353 e. The summed E-state index contributed by atoms with van der Waals surface area (Å²) in [7, 11) is 0. The molecule has 1 aromatic heterocycles. The monoisotopic (exact) mass is 369 g/mol. The van der Waals surface area contributed by atoms with Gasteiger partial charge in [-0.1, -0.05) is 36.0 Å². The highest BCUT2D eigenvalue weighted by atomic mass is 32.2. The van der Waals surface area contributed by atoms with Crippen molar-refractivity contribution in [1.82, 2.24) is 14.9 Å². The Kier molecular flexibility index (Phi) is 5.32. The Morgan fingerprint density at radius 2 is 1.85 bits per heavy atom. The van der Waals surface area contributed by atoms with E-state index in [0.29, 0.717) is 22.6 Å². The van der Waals surface area contributed by atoms with E-state index in [0.717, 1.165) is 10.8 Å². The molecule has 0 spiro atoms. The molecule has 136 valence electrons. The molecule has 0 unspecified atom stereocenters. The van der Waals surface area contributed by atoms with Crippen molar-refractivity contribution in [1.29, 1.82) is 0 Å². The maximum absolute atomic E-state index is 13.0. The molecule has 0 aliphatic rings. The molecule has 0 radical (unpaired) electrons. The Balaban J connectivity index is 2.08. The van der Waals surface area contributed by atoms with E-state index in [4.69, 9.17) is 4.98 Å². The summed E-state index contributed by atoms with van der Waals surface area (Å²) in [5, 5.41) is 5.81. The van der Waals surface area contributed by atoms with E-state index in [1.54, 1.807) is 4.57 Å². The van der Waals surface area contributed by atoms with E-state index >= 15 is 0 Å². The fraction of sp³-hybridized carbons (Fsp3) is 0.350. The minimum absolute atomic E-state index is 0.0551. The summed E-state index contributed by atoms with van der Waals surface area (Å²) < 4.78 is 1.64. The van der Waals surface area contributed by atoms with Gasteiger partial charge in [-0.3, -0.25) is 14.2 Å². The number of nitrogens with one attached hydrogen (secondary N) is 1. The minimum atomic E-state index is -0.333. The lowest BCUT2D eigenvalue weighted by atomic mass is 10.1. The molecule has 0 fully saturated rings. The van der Waals surface area contributed by atoms with Gasteiger partial charge >= 0.3 is 0 Å². The van der Waals surface area contributed by atoms with Crippen LogP contribution in [0.4, 0.5) is 0 Å². The van der Waals surface area contributed by atoms with Gasteiger partial charge in [0.05, 0.1) is 16.2 Å². The Morgan fingerprint density at radius 1 is 1.19 bits per heavy atom. The normalized spacial score (nSPS) is 12.7. The van der Waals surface area contributed by atoms with Crippen LogP contribution >= 0.6 is 11.8 Å². The molecule has 5 nitrogen and oxygen atoms in total. The number of aromatic nitrogens is 2. The molecule has 2 aromatic carbocycles. The lowest BCUT2D eigenvalue weighted by molar-refractivity contribution is -0.120. The number of hydrogen-bond acceptors (Lipinski definition) is 4. The number of carbonyl (C=O) groups excluding carboxylic acids is 1. The van der Waals surface area contributed by atoms with Crippen molar-refractivity contribution >= 4 is 39.3 Å². The molecule has 0 saturated carbocycles. The van der Waals surface area contributed by atoms with Crippen molar-refractivity contribution in [3.63, 3.8) is 0 Å². The van der Waals surface area contributed by atoms with Gasteiger partial charge in [-0.05, 0) is 50.6 Å². The molecule has 1 amide bonds. The van der Waals surface area contributed by atoms with Crippen LogP contribution in [0, 0.1) is 0 Å². The first-order chi connectivity index (χ1) is 12.4. The van der Waals surface area contributed by atoms with Gasteiger partial charge in [0.15, 0.2) is 5.16 Å². The van der Waals surface area contributed by atoms with Crippen LogP contribution in [0.15, 0.2) is 46.3 Å². The van der Waals surface area contributed by atoms with Gasteiger partial charge in [0, 0.05) is 12.6 Å². The van der Waals surface area contributed by atoms with Crippen LogP contribution in [0.5, 0.6) is 0 Å². The number of nitrogens with zero attached hydrogens (tertiary/aromatic N) is 2. The zero-order chi connectivity index (χ0) is 18.8. The highest BCUT2D eigenvalue weighted by Gasteiger charge is 2.19. The molecule has 1 N–H and O–H groups in total. The van der Waals surface area contributed by atoms with Crippen molar-refractivity contribution < 1.29 is 4.79 Å². The van der Waals surface area contributed by atoms with E-state index < -0.39 is 0 Å². The molecule has 26 heavy (non-hydrogen) atoms. The maximum Gasteiger partial charge on any atom is 0.262 e. The second-order valence-corrected chi connectivity index (χ2v) is 7.89. The number of hydrogen-bond donors (Lipinski definition) is 1. The van der Waals surface area contributed by atoms with Crippen molar-refractivity contribution in [3.05, 3.63) is 46.8 Å². The van der Waals surface area contributed by atoms with Crippen LogP contribution in [0.25, 0.3) is 21.7 Å². The zero-order valence-corrected chi connectivity index (χ0v) is 16.3. The number of carbonyl (C=O) groups is 1. The van der Waals surface area contributed by atoms with Gasteiger partial charge in [0.25, 0.3) is 5.56 Å². The Hall–Kier alpha value is -2.34. The van der Waals surface area contributed by atoms with Gasteiger partial charge in [0.2, 0.25) is 5.91 Å². The fourth-order valence-corrected chi connectivity index (χ4v) is 3.85. The van der Waals surface area contributed by atoms with Crippen molar-refractivity contribution in [3.8, 4) is 0 Å². The molecule has 1 atom stereocenters. The standard InChI is InChI=1S/C20H23N3O2S/c1-5-23-19(25)16-10-14-8-6-7-9-15(14)11-17(16)22-20(23)26-13(4)18(24)21-12(2)3/h6-13H,5H2,1-4H3,(H,21,24)/t13-/m1/s1. The SMILES string of the molecule is CCn1c(S[C@H](C)C(=O)NC(C)C)nc2cc3ccccc3cc2c1=O.